The van der Waals surface area contributed by atoms with Gasteiger partial charge >= 0.3 is 0 Å². The Morgan fingerprint density at radius 2 is 2.33 bits per heavy atom. The van der Waals surface area contributed by atoms with E-state index in [1.807, 2.05) is 13.0 Å². The number of aromatic amines is 1. The SMILES string of the molecule is CC(Nc1ccnc(Cl)c1)c1ncn[nH]1. The second-order valence-electron chi connectivity index (χ2n) is 3.10. The molecule has 0 spiro atoms. The zero-order chi connectivity index (χ0) is 10.7. The van der Waals surface area contributed by atoms with Crippen molar-refractivity contribution in [1.82, 2.24) is 20.2 Å². The van der Waals surface area contributed by atoms with E-state index in [1.165, 1.54) is 6.33 Å². The predicted octanol–water partition coefficient (Wildman–Crippen LogP) is 2.03. The van der Waals surface area contributed by atoms with Gasteiger partial charge in [0, 0.05) is 11.9 Å². The summed E-state index contributed by atoms with van der Waals surface area (Å²) in [5, 5.41) is 10.3. The third-order valence-corrected chi connectivity index (χ3v) is 2.16. The van der Waals surface area contributed by atoms with Crippen molar-refractivity contribution in [3.63, 3.8) is 0 Å². The van der Waals surface area contributed by atoms with Gasteiger partial charge in [0.25, 0.3) is 0 Å². The Kier molecular flexibility index (Phi) is 2.82. The standard InChI is InChI=1S/C9H10ClN5/c1-6(9-12-5-13-15-9)14-7-2-3-11-8(10)4-7/h2-6H,1H3,(H,11,14)(H,12,13,15). The highest BCUT2D eigenvalue weighted by molar-refractivity contribution is 6.29. The largest absolute Gasteiger partial charge is 0.375 e. The summed E-state index contributed by atoms with van der Waals surface area (Å²) in [5.41, 5.74) is 0.902. The quantitative estimate of drug-likeness (QED) is 0.782. The first-order chi connectivity index (χ1) is 7.25. The molecule has 0 radical (unpaired) electrons. The molecule has 0 aliphatic rings. The van der Waals surface area contributed by atoms with E-state index in [0.29, 0.717) is 5.15 Å². The van der Waals surface area contributed by atoms with Crippen LogP contribution in [0.15, 0.2) is 24.7 Å². The van der Waals surface area contributed by atoms with Crippen molar-refractivity contribution in [2.75, 3.05) is 5.32 Å². The summed E-state index contributed by atoms with van der Waals surface area (Å²) >= 11 is 5.77. The van der Waals surface area contributed by atoms with E-state index >= 15 is 0 Å². The number of anilines is 1. The van der Waals surface area contributed by atoms with Crippen molar-refractivity contribution < 1.29 is 0 Å². The lowest BCUT2D eigenvalue weighted by molar-refractivity contribution is 0.795. The molecule has 0 aliphatic carbocycles. The van der Waals surface area contributed by atoms with Crippen LogP contribution < -0.4 is 5.32 Å². The van der Waals surface area contributed by atoms with Crippen LogP contribution in [-0.4, -0.2) is 20.2 Å². The number of H-pyrrole nitrogens is 1. The van der Waals surface area contributed by atoms with Crippen LogP contribution in [0.4, 0.5) is 5.69 Å². The second-order valence-corrected chi connectivity index (χ2v) is 3.49. The first kappa shape index (κ1) is 9.92. The molecule has 15 heavy (non-hydrogen) atoms. The fourth-order valence-corrected chi connectivity index (χ4v) is 1.41. The fraction of sp³-hybridized carbons (Fsp3) is 0.222. The number of halogens is 1. The van der Waals surface area contributed by atoms with E-state index in [9.17, 15) is 0 Å². The van der Waals surface area contributed by atoms with E-state index < -0.39 is 0 Å². The van der Waals surface area contributed by atoms with Gasteiger partial charge in [-0.15, -0.1) is 0 Å². The van der Waals surface area contributed by atoms with Crippen LogP contribution >= 0.6 is 11.6 Å². The molecular weight excluding hydrogens is 214 g/mol. The van der Waals surface area contributed by atoms with Gasteiger partial charge in [-0.05, 0) is 19.1 Å². The number of pyridine rings is 1. The van der Waals surface area contributed by atoms with Gasteiger partial charge in [-0.25, -0.2) is 9.97 Å². The third-order valence-electron chi connectivity index (χ3n) is 1.95. The van der Waals surface area contributed by atoms with Gasteiger partial charge < -0.3 is 5.32 Å². The van der Waals surface area contributed by atoms with Crippen molar-refractivity contribution in [2.24, 2.45) is 0 Å². The monoisotopic (exact) mass is 223 g/mol. The van der Waals surface area contributed by atoms with Crippen LogP contribution in [0, 0.1) is 0 Å². The van der Waals surface area contributed by atoms with Crippen LogP contribution in [0.5, 0.6) is 0 Å². The molecule has 2 rings (SSSR count). The molecule has 78 valence electrons. The van der Waals surface area contributed by atoms with E-state index in [1.54, 1.807) is 12.3 Å². The molecule has 2 heterocycles. The minimum absolute atomic E-state index is 0.0472. The predicted molar refractivity (Wildman–Crippen MR) is 57.7 cm³/mol. The van der Waals surface area contributed by atoms with Crippen molar-refractivity contribution in [1.29, 1.82) is 0 Å². The lowest BCUT2D eigenvalue weighted by Crippen LogP contribution is -2.08. The normalized spacial score (nSPS) is 12.4. The van der Waals surface area contributed by atoms with Gasteiger partial charge in [-0.3, -0.25) is 5.10 Å². The number of nitrogens with one attached hydrogen (secondary N) is 2. The average molecular weight is 224 g/mol. The Morgan fingerprint density at radius 3 is 3.00 bits per heavy atom. The molecule has 5 nitrogen and oxygen atoms in total. The van der Waals surface area contributed by atoms with Gasteiger partial charge in [0.2, 0.25) is 0 Å². The molecule has 0 aromatic carbocycles. The number of rotatable bonds is 3. The second kappa shape index (κ2) is 4.27. The molecule has 2 aromatic heterocycles. The summed E-state index contributed by atoms with van der Waals surface area (Å²) in [6, 6.07) is 3.65. The van der Waals surface area contributed by atoms with E-state index in [2.05, 4.69) is 25.5 Å². The highest BCUT2D eigenvalue weighted by Crippen LogP contribution is 2.17. The summed E-state index contributed by atoms with van der Waals surface area (Å²) in [6.07, 6.45) is 3.13. The van der Waals surface area contributed by atoms with Crippen molar-refractivity contribution in [2.45, 2.75) is 13.0 Å². The fourth-order valence-electron chi connectivity index (χ4n) is 1.23. The molecular formula is C9H10ClN5. The van der Waals surface area contributed by atoms with Gasteiger partial charge in [0.05, 0.1) is 6.04 Å². The molecule has 0 aliphatic heterocycles. The van der Waals surface area contributed by atoms with Crippen LogP contribution in [0.25, 0.3) is 0 Å². The maximum Gasteiger partial charge on any atom is 0.146 e. The maximum absolute atomic E-state index is 5.77. The molecule has 0 fully saturated rings. The van der Waals surface area contributed by atoms with E-state index in [4.69, 9.17) is 11.6 Å². The number of hydrogen-bond acceptors (Lipinski definition) is 4. The summed E-state index contributed by atoms with van der Waals surface area (Å²) in [7, 11) is 0. The topological polar surface area (TPSA) is 66.5 Å². The molecule has 2 N–H and O–H groups in total. The zero-order valence-electron chi connectivity index (χ0n) is 8.11. The van der Waals surface area contributed by atoms with Crippen molar-refractivity contribution in [3.05, 3.63) is 35.6 Å². The highest BCUT2D eigenvalue weighted by Gasteiger charge is 2.07. The van der Waals surface area contributed by atoms with Crippen LogP contribution in [0.1, 0.15) is 18.8 Å². The number of aromatic nitrogens is 4. The lowest BCUT2D eigenvalue weighted by Gasteiger charge is -2.11. The highest BCUT2D eigenvalue weighted by atomic mass is 35.5. The van der Waals surface area contributed by atoms with Crippen molar-refractivity contribution in [3.8, 4) is 0 Å². The number of hydrogen-bond donors (Lipinski definition) is 2. The lowest BCUT2D eigenvalue weighted by atomic mass is 10.3. The molecule has 1 atom stereocenters. The molecule has 2 aromatic rings. The molecule has 1 unspecified atom stereocenters. The number of nitrogens with zero attached hydrogens (tertiary/aromatic N) is 3. The average Bonchev–Trinajstić information content (AvgIpc) is 2.70. The zero-order valence-corrected chi connectivity index (χ0v) is 8.86. The molecule has 0 saturated carbocycles. The molecule has 6 heteroatoms. The van der Waals surface area contributed by atoms with Gasteiger partial charge in [-0.2, -0.15) is 5.10 Å². The molecule has 0 saturated heterocycles. The van der Waals surface area contributed by atoms with Crippen LogP contribution in [0.2, 0.25) is 5.15 Å². The van der Waals surface area contributed by atoms with Gasteiger partial charge in [0.15, 0.2) is 0 Å². The van der Waals surface area contributed by atoms with E-state index in [-0.39, 0.29) is 6.04 Å². The first-order valence-electron chi connectivity index (χ1n) is 4.49. The minimum Gasteiger partial charge on any atom is -0.375 e. The summed E-state index contributed by atoms with van der Waals surface area (Å²) < 4.78 is 0. The Morgan fingerprint density at radius 1 is 1.47 bits per heavy atom. The summed E-state index contributed by atoms with van der Waals surface area (Å²) in [4.78, 5) is 7.96. The Hall–Kier alpha value is -1.62. The first-order valence-corrected chi connectivity index (χ1v) is 4.87. The minimum atomic E-state index is 0.0472. The van der Waals surface area contributed by atoms with Crippen LogP contribution in [-0.2, 0) is 0 Å². The summed E-state index contributed by atoms with van der Waals surface area (Å²) in [6.45, 7) is 1.98. The molecule has 0 amide bonds. The Balaban J connectivity index is 2.09. The Bertz CT molecular complexity index is 428. The van der Waals surface area contributed by atoms with Crippen molar-refractivity contribution >= 4 is 17.3 Å². The van der Waals surface area contributed by atoms with Gasteiger partial charge in [0.1, 0.15) is 17.3 Å². The van der Waals surface area contributed by atoms with Crippen LogP contribution in [0.3, 0.4) is 0 Å². The maximum atomic E-state index is 5.77. The third kappa shape index (κ3) is 2.44. The van der Waals surface area contributed by atoms with E-state index in [0.717, 1.165) is 11.5 Å². The molecule has 0 bridgehead atoms. The smallest absolute Gasteiger partial charge is 0.146 e. The Labute approximate surface area is 91.9 Å². The summed E-state index contributed by atoms with van der Waals surface area (Å²) in [5.74, 6) is 0.780. The van der Waals surface area contributed by atoms with Gasteiger partial charge in [-0.1, -0.05) is 11.6 Å².